The number of hydrogen-bond donors (Lipinski definition) is 1. The summed E-state index contributed by atoms with van der Waals surface area (Å²) in [6, 6.07) is 4.69. The van der Waals surface area contributed by atoms with E-state index in [0.29, 0.717) is 29.5 Å². The average Bonchev–Trinajstić information content (AvgIpc) is 2.74. The van der Waals surface area contributed by atoms with Crippen molar-refractivity contribution in [3.05, 3.63) is 28.8 Å². The number of esters is 1. The number of benzene rings is 1. The maximum atomic E-state index is 11.7. The molecular weight excluding hydrogens is 230 g/mol. The van der Waals surface area contributed by atoms with Crippen molar-refractivity contribution in [3.8, 4) is 0 Å². The molecule has 0 aromatic heterocycles. The molecule has 1 aliphatic rings. The van der Waals surface area contributed by atoms with E-state index in [2.05, 4.69) is 0 Å². The molecule has 1 unspecified atom stereocenters. The summed E-state index contributed by atoms with van der Waals surface area (Å²) in [7, 11) is 0. The van der Waals surface area contributed by atoms with Crippen LogP contribution < -0.4 is 5.73 Å². The maximum absolute atomic E-state index is 11.7. The summed E-state index contributed by atoms with van der Waals surface area (Å²) in [4.78, 5) is 11.7. The normalized spacial score (nSPS) is 19.7. The van der Waals surface area contributed by atoms with Crippen LogP contribution in [0, 0.1) is 0 Å². The Labute approximate surface area is 98.3 Å². The minimum atomic E-state index is -0.391. The first kappa shape index (κ1) is 11.2. The summed E-state index contributed by atoms with van der Waals surface area (Å²) < 4.78 is 10.3. The average molecular weight is 242 g/mol. The van der Waals surface area contributed by atoms with Crippen LogP contribution >= 0.6 is 11.6 Å². The topological polar surface area (TPSA) is 61.6 Å². The number of rotatable bonds is 2. The van der Waals surface area contributed by atoms with Gasteiger partial charge in [-0.2, -0.15) is 0 Å². The predicted octanol–water partition coefficient (Wildman–Crippen LogP) is 1.87. The summed E-state index contributed by atoms with van der Waals surface area (Å²) in [6.45, 7) is 1.11. The Morgan fingerprint density at radius 3 is 3.00 bits per heavy atom. The number of carbonyl (C=O) groups excluding carboxylic acids is 1. The van der Waals surface area contributed by atoms with Crippen LogP contribution in [0.25, 0.3) is 0 Å². The molecule has 0 bridgehead atoms. The molecule has 16 heavy (non-hydrogen) atoms. The summed E-state index contributed by atoms with van der Waals surface area (Å²) in [5.41, 5.74) is 6.40. The van der Waals surface area contributed by atoms with Crippen molar-refractivity contribution in [2.24, 2.45) is 0 Å². The Balaban J connectivity index is 2.05. The Morgan fingerprint density at radius 2 is 2.38 bits per heavy atom. The third-order valence-electron chi connectivity index (χ3n) is 2.40. The van der Waals surface area contributed by atoms with Crippen LogP contribution in [0.1, 0.15) is 16.8 Å². The monoisotopic (exact) mass is 241 g/mol. The van der Waals surface area contributed by atoms with Crippen molar-refractivity contribution < 1.29 is 14.3 Å². The number of nitrogen functional groups attached to an aromatic ring is 1. The predicted molar refractivity (Wildman–Crippen MR) is 60.5 cm³/mol. The Kier molecular flexibility index (Phi) is 3.31. The number of ether oxygens (including phenoxy) is 2. The number of anilines is 1. The molecule has 1 aliphatic heterocycles. The van der Waals surface area contributed by atoms with Crippen LogP contribution in [-0.4, -0.2) is 25.3 Å². The first-order valence-electron chi connectivity index (χ1n) is 5.00. The minimum absolute atomic E-state index is 0.149. The van der Waals surface area contributed by atoms with Gasteiger partial charge in [0.1, 0.15) is 6.10 Å². The highest BCUT2D eigenvalue weighted by atomic mass is 35.5. The van der Waals surface area contributed by atoms with Crippen molar-refractivity contribution in [3.63, 3.8) is 0 Å². The zero-order chi connectivity index (χ0) is 11.5. The van der Waals surface area contributed by atoms with Gasteiger partial charge >= 0.3 is 5.97 Å². The van der Waals surface area contributed by atoms with E-state index in [1.54, 1.807) is 12.1 Å². The van der Waals surface area contributed by atoms with Crippen LogP contribution in [0.2, 0.25) is 5.02 Å². The van der Waals surface area contributed by atoms with Crippen LogP contribution in [-0.2, 0) is 9.47 Å². The van der Waals surface area contributed by atoms with E-state index in [9.17, 15) is 4.79 Å². The van der Waals surface area contributed by atoms with Gasteiger partial charge in [0.05, 0.1) is 29.5 Å². The van der Waals surface area contributed by atoms with E-state index in [1.165, 1.54) is 6.07 Å². The lowest BCUT2D eigenvalue weighted by Crippen LogP contribution is -2.18. The van der Waals surface area contributed by atoms with Gasteiger partial charge in [-0.1, -0.05) is 11.6 Å². The fourth-order valence-electron chi connectivity index (χ4n) is 1.48. The van der Waals surface area contributed by atoms with Crippen LogP contribution in [0.5, 0.6) is 0 Å². The molecule has 0 amide bonds. The molecule has 1 atom stereocenters. The zero-order valence-electron chi connectivity index (χ0n) is 8.61. The highest BCUT2D eigenvalue weighted by Crippen LogP contribution is 2.21. The van der Waals surface area contributed by atoms with Gasteiger partial charge in [-0.05, 0) is 18.2 Å². The standard InChI is InChI=1S/C11H12ClNO3/c12-9-5-7(1-2-10(9)13)11(14)16-8-3-4-15-6-8/h1-2,5,8H,3-4,6,13H2. The van der Waals surface area contributed by atoms with E-state index < -0.39 is 5.97 Å². The molecule has 1 fully saturated rings. The lowest BCUT2D eigenvalue weighted by molar-refractivity contribution is 0.0271. The second-order valence-corrected chi connectivity index (χ2v) is 4.03. The Hall–Kier alpha value is -1.26. The zero-order valence-corrected chi connectivity index (χ0v) is 9.37. The molecule has 5 heteroatoms. The molecule has 0 radical (unpaired) electrons. The third-order valence-corrected chi connectivity index (χ3v) is 2.73. The van der Waals surface area contributed by atoms with E-state index >= 15 is 0 Å². The largest absolute Gasteiger partial charge is 0.456 e. The van der Waals surface area contributed by atoms with E-state index in [4.69, 9.17) is 26.8 Å². The first-order valence-corrected chi connectivity index (χ1v) is 5.38. The van der Waals surface area contributed by atoms with Gasteiger partial charge in [0.25, 0.3) is 0 Å². The highest BCUT2D eigenvalue weighted by Gasteiger charge is 2.20. The number of hydrogen-bond acceptors (Lipinski definition) is 4. The lowest BCUT2D eigenvalue weighted by atomic mass is 10.2. The highest BCUT2D eigenvalue weighted by molar-refractivity contribution is 6.33. The van der Waals surface area contributed by atoms with Crippen molar-refractivity contribution in [2.45, 2.75) is 12.5 Å². The molecule has 86 valence electrons. The first-order chi connectivity index (χ1) is 7.66. The van der Waals surface area contributed by atoms with Gasteiger partial charge in [-0.15, -0.1) is 0 Å². The van der Waals surface area contributed by atoms with Gasteiger partial charge in [0.2, 0.25) is 0 Å². The number of carbonyl (C=O) groups is 1. The smallest absolute Gasteiger partial charge is 0.338 e. The Morgan fingerprint density at radius 1 is 1.56 bits per heavy atom. The Bertz CT molecular complexity index is 402. The molecule has 2 rings (SSSR count). The van der Waals surface area contributed by atoms with E-state index in [0.717, 1.165) is 6.42 Å². The van der Waals surface area contributed by atoms with E-state index in [-0.39, 0.29) is 6.10 Å². The minimum Gasteiger partial charge on any atom is -0.456 e. The fraction of sp³-hybridized carbons (Fsp3) is 0.364. The van der Waals surface area contributed by atoms with Crippen molar-refractivity contribution >= 4 is 23.3 Å². The van der Waals surface area contributed by atoms with Gasteiger partial charge in [0, 0.05) is 6.42 Å². The van der Waals surface area contributed by atoms with Crippen LogP contribution in [0.4, 0.5) is 5.69 Å². The molecule has 1 saturated heterocycles. The second-order valence-electron chi connectivity index (χ2n) is 3.63. The SMILES string of the molecule is Nc1ccc(C(=O)OC2CCOC2)cc1Cl. The summed E-state index contributed by atoms with van der Waals surface area (Å²) in [6.07, 6.45) is 0.595. The molecule has 1 aromatic carbocycles. The van der Waals surface area contributed by atoms with Gasteiger partial charge in [-0.25, -0.2) is 4.79 Å². The molecule has 0 spiro atoms. The molecule has 0 aliphatic carbocycles. The second kappa shape index (κ2) is 4.72. The maximum Gasteiger partial charge on any atom is 0.338 e. The van der Waals surface area contributed by atoms with Gasteiger partial charge in [-0.3, -0.25) is 0 Å². The quantitative estimate of drug-likeness (QED) is 0.634. The van der Waals surface area contributed by atoms with Crippen molar-refractivity contribution in [1.29, 1.82) is 0 Å². The van der Waals surface area contributed by atoms with Crippen LogP contribution in [0.15, 0.2) is 18.2 Å². The van der Waals surface area contributed by atoms with Crippen LogP contribution in [0.3, 0.4) is 0 Å². The van der Waals surface area contributed by atoms with Gasteiger partial charge in [0.15, 0.2) is 0 Å². The molecular formula is C11H12ClNO3. The van der Waals surface area contributed by atoms with Crippen molar-refractivity contribution in [2.75, 3.05) is 18.9 Å². The number of nitrogens with two attached hydrogens (primary N) is 1. The molecule has 1 heterocycles. The van der Waals surface area contributed by atoms with Gasteiger partial charge < -0.3 is 15.2 Å². The van der Waals surface area contributed by atoms with Crippen molar-refractivity contribution in [1.82, 2.24) is 0 Å². The molecule has 4 nitrogen and oxygen atoms in total. The summed E-state index contributed by atoms with van der Waals surface area (Å²) >= 11 is 5.82. The third kappa shape index (κ3) is 2.46. The molecule has 1 aromatic rings. The molecule has 2 N–H and O–H groups in total. The summed E-state index contributed by atoms with van der Waals surface area (Å²) in [5.74, 6) is -0.391. The lowest BCUT2D eigenvalue weighted by Gasteiger charge is -2.10. The van der Waals surface area contributed by atoms with E-state index in [1.807, 2.05) is 0 Å². The number of halogens is 1. The summed E-state index contributed by atoms with van der Waals surface area (Å²) in [5, 5.41) is 0.358. The fourth-order valence-corrected chi connectivity index (χ4v) is 1.66. The molecule has 0 saturated carbocycles.